The zero-order valence-electron chi connectivity index (χ0n) is 11.5. The van der Waals surface area contributed by atoms with Crippen LogP contribution in [0.4, 0.5) is 5.69 Å². The summed E-state index contributed by atoms with van der Waals surface area (Å²) in [4.78, 5) is 10.9. The Labute approximate surface area is 125 Å². The lowest BCUT2D eigenvalue weighted by Crippen LogP contribution is -1.91. The van der Waals surface area contributed by atoms with Crippen LogP contribution < -0.4 is 0 Å². The highest BCUT2D eigenvalue weighted by atomic mass is 16.6. The molecule has 0 aliphatic rings. The van der Waals surface area contributed by atoms with Crippen molar-refractivity contribution >= 4 is 27.6 Å². The minimum atomic E-state index is -0.354. The summed E-state index contributed by atoms with van der Waals surface area (Å²) in [5.74, 6) is 0. The molecule has 1 aromatic heterocycles. The Hall–Kier alpha value is -3.14. The van der Waals surface area contributed by atoms with Gasteiger partial charge in [0, 0.05) is 16.8 Å². The molecule has 0 aliphatic carbocycles. The molecule has 0 atom stereocenters. The smallest absolute Gasteiger partial charge is 0.277 e. The first-order chi connectivity index (χ1) is 10.7. The summed E-state index contributed by atoms with van der Waals surface area (Å²) >= 11 is 0. The van der Waals surface area contributed by atoms with Crippen molar-refractivity contribution in [3.05, 3.63) is 76.8 Å². The monoisotopic (exact) mass is 289 g/mol. The Morgan fingerprint density at radius 1 is 0.818 bits per heavy atom. The molecule has 22 heavy (non-hydrogen) atoms. The minimum Gasteiger partial charge on any atom is -0.456 e. The van der Waals surface area contributed by atoms with Crippen molar-refractivity contribution in [1.82, 2.24) is 0 Å². The van der Waals surface area contributed by atoms with Crippen molar-refractivity contribution in [2.75, 3.05) is 0 Å². The van der Waals surface area contributed by atoms with Crippen LogP contribution in [-0.4, -0.2) is 4.92 Å². The van der Waals surface area contributed by atoms with Crippen LogP contribution in [0, 0.1) is 10.1 Å². The molecule has 106 valence electrons. The summed E-state index contributed by atoms with van der Waals surface area (Å²) in [5.41, 5.74) is 3.13. The van der Waals surface area contributed by atoms with Crippen molar-refractivity contribution in [2.45, 2.75) is 0 Å². The van der Waals surface area contributed by atoms with Crippen molar-refractivity contribution in [1.29, 1.82) is 0 Å². The van der Waals surface area contributed by atoms with E-state index in [-0.39, 0.29) is 10.6 Å². The van der Waals surface area contributed by atoms with Crippen LogP contribution in [-0.2, 0) is 0 Å². The number of para-hydroxylation sites is 2. The van der Waals surface area contributed by atoms with Crippen molar-refractivity contribution < 1.29 is 9.34 Å². The van der Waals surface area contributed by atoms with Gasteiger partial charge >= 0.3 is 0 Å². The maximum absolute atomic E-state index is 11.2. The second-order valence-corrected chi connectivity index (χ2v) is 5.08. The summed E-state index contributed by atoms with van der Waals surface area (Å²) in [7, 11) is 0. The molecule has 0 fully saturated rings. The van der Waals surface area contributed by atoms with Crippen LogP contribution in [0.5, 0.6) is 0 Å². The molecule has 4 heteroatoms. The lowest BCUT2D eigenvalue weighted by atomic mass is 10.0. The molecule has 3 aromatic carbocycles. The van der Waals surface area contributed by atoms with Crippen molar-refractivity contribution in [2.24, 2.45) is 0 Å². The summed E-state index contributed by atoms with van der Waals surface area (Å²) in [5, 5.41) is 13.2. The van der Waals surface area contributed by atoms with E-state index in [0.29, 0.717) is 5.56 Å². The Kier molecular flexibility index (Phi) is 2.69. The molecule has 0 N–H and O–H groups in total. The van der Waals surface area contributed by atoms with Crippen LogP contribution in [0.15, 0.2) is 71.1 Å². The molecule has 4 rings (SSSR count). The van der Waals surface area contributed by atoms with Gasteiger partial charge in [-0.3, -0.25) is 10.1 Å². The van der Waals surface area contributed by atoms with Crippen molar-refractivity contribution in [3.63, 3.8) is 0 Å². The molecule has 0 saturated carbocycles. The van der Waals surface area contributed by atoms with Gasteiger partial charge < -0.3 is 4.42 Å². The molecule has 0 unspecified atom stereocenters. The molecule has 0 spiro atoms. The zero-order chi connectivity index (χ0) is 15.1. The van der Waals surface area contributed by atoms with Crippen LogP contribution in [0.1, 0.15) is 0 Å². The topological polar surface area (TPSA) is 56.3 Å². The minimum absolute atomic E-state index is 0.106. The van der Waals surface area contributed by atoms with E-state index < -0.39 is 0 Å². The molecular weight excluding hydrogens is 278 g/mol. The van der Waals surface area contributed by atoms with Gasteiger partial charge in [0.1, 0.15) is 11.2 Å². The van der Waals surface area contributed by atoms with E-state index in [9.17, 15) is 10.1 Å². The average Bonchev–Trinajstić information content (AvgIpc) is 2.92. The summed E-state index contributed by atoms with van der Waals surface area (Å²) in [6, 6.07) is 20.2. The number of benzene rings is 3. The Balaban J connectivity index is 2.00. The van der Waals surface area contributed by atoms with Gasteiger partial charge in [0.25, 0.3) is 5.69 Å². The third kappa shape index (κ3) is 1.85. The average molecular weight is 289 g/mol. The van der Waals surface area contributed by atoms with Gasteiger partial charge in [0.15, 0.2) is 0 Å². The largest absolute Gasteiger partial charge is 0.456 e. The number of nitrogens with zero attached hydrogens (tertiary/aromatic N) is 1. The number of hydrogen-bond donors (Lipinski definition) is 0. The summed E-state index contributed by atoms with van der Waals surface area (Å²) in [6.45, 7) is 0. The Bertz CT molecular complexity index is 1020. The lowest BCUT2D eigenvalue weighted by Gasteiger charge is -2.03. The zero-order valence-corrected chi connectivity index (χ0v) is 11.5. The summed E-state index contributed by atoms with van der Waals surface area (Å²) < 4.78 is 5.79. The first-order valence-electron chi connectivity index (χ1n) is 6.89. The second kappa shape index (κ2) is 4.70. The van der Waals surface area contributed by atoms with Gasteiger partial charge in [-0.2, -0.15) is 0 Å². The summed E-state index contributed by atoms with van der Waals surface area (Å²) in [6.07, 6.45) is 0. The second-order valence-electron chi connectivity index (χ2n) is 5.08. The van der Waals surface area contributed by atoms with Crippen LogP contribution in [0.2, 0.25) is 0 Å². The molecule has 0 amide bonds. The lowest BCUT2D eigenvalue weighted by molar-refractivity contribution is -0.384. The Morgan fingerprint density at radius 2 is 1.55 bits per heavy atom. The highest BCUT2D eigenvalue weighted by Gasteiger charge is 2.15. The van der Waals surface area contributed by atoms with E-state index >= 15 is 0 Å². The molecule has 0 radical (unpaired) electrons. The van der Waals surface area contributed by atoms with Gasteiger partial charge in [-0.1, -0.05) is 36.4 Å². The maximum Gasteiger partial charge on any atom is 0.277 e. The number of rotatable bonds is 2. The van der Waals surface area contributed by atoms with E-state index in [1.807, 2.05) is 42.5 Å². The van der Waals surface area contributed by atoms with Crippen LogP contribution in [0.25, 0.3) is 33.1 Å². The first kappa shape index (κ1) is 12.6. The molecule has 1 heterocycles. The first-order valence-corrected chi connectivity index (χ1v) is 6.89. The standard InChI is InChI=1S/C18H11NO3/c20-19(21)16-7-3-1-5-13(16)12-9-10-18-15(11-12)14-6-2-4-8-17(14)22-18/h1-11H. The van der Waals surface area contributed by atoms with E-state index in [1.165, 1.54) is 6.07 Å². The fraction of sp³-hybridized carbons (Fsp3) is 0. The predicted octanol–water partition coefficient (Wildman–Crippen LogP) is 5.16. The highest BCUT2D eigenvalue weighted by Crippen LogP contribution is 2.35. The quantitative estimate of drug-likeness (QED) is 0.378. The number of furan rings is 1. The molecule has 4 aromatic rings. The third-order valence-corrected chi connectivity index (χ3v) is 3.79. The van der Waals surface area contributed by atoms with Crippen LogP contribution in [0.3, 0.4) is 0 Å². The number of hydrogen-bond acceptors (Lipinski definition) is 3. The highest BCUT2D eigenvalue weighted by molar-refractivity contribution is 6.06. The van der Waals surface area contributed by atoms with E-state index in [0.717, 1.165) is 27.5 Å². The normalized spacial score (nSPS) is 11.1. The molecular formula is C18H11NO3. The number of fused-ring (bicyclic) bond motifs is 3. The van der Waals surface area contributed by atoms with E-state index in [4.69, 9.17) is 4.42 Å². The van der Waals surface area contributed by atoms with Crippen molar-refractivity contribution in [3.8, 4) is 11.1 Å². The fourth-order valence-corrected chi connectivity index (χ4v) is 2.77. The van der Waals surface area contributed by atoms with Gasteiger partial charge in [-0.05, 0) is 29.8 Å². The third-order valence-electron chi connectivity index (χ3n) is 3.79. The van der Waals surface area contributed by atoms with Gasteiger partial charge in [0.05, 0.1) is 10.5 Å². The number of nitro benzene ring substituents is 1. The van der Waals surface area contributed by atoms with Gasteiger partial charge in [-0.15, -0.1) is 0 Å². The Morgan fingerprint density at radius 3 is 2.41 bits per heavy atom. The predicted molar refractivity (Wildman–Crippen MR) is 85.8 cm³/mol. The van der Waals surface area contributed by atoms with E-state index in [1.54, 1.807) is 18.2 Å². The van der Waals surface area contributed by atoms with Crippen LogP contribution >= 0.6 is 0 Å². The van der Waals surface area contributed by atoms with Gasteiger partial charge in [-0.25, -0.2) is 0 Å². The fourth-order valence-electron chi connectivity index (χ4n) is 2.77. The molecule has 4 nitrogen and oxygen atoms in total. The number of nitro groups is 1. The molecule has 0 bridgehead atoms. The molecule has 0 aliphatic heterocycles. The van der Waals surface area contributed by atoms with E-state index in [2.05, 4.69) is 0 Å². The maximum atomic E-state index is 11.2. The molecule has 0 saturated heterocycles. The SMILES string of the molecule is O=[N+]([O-])c1ccccc1-c1ccc2oc3ccccc3c2c1. The van der Waals surface area contributed by atoms with Gasteiger partial charge in [0.2, 0.25) is 0 Å².